The number of rotatable bonds is 5. The minimum absolute atomic E-state index is 0.213. The van der Waals surface area contributed by atoms with Crippen LogP contribution in [0.15, 0.2) is 24.4 Å². The molecule has 4 heteroatoms. The Bertz CT molecular complexity index is 228. The molecule has 13 heavy (non-hydrogen) atoms. The molecule has 0 spiro atoms. The second kappa shape index (κ2) is 5.64. The van der Waals surface area contributed by atoms with Crippen molar-refractivity contribution in [3.8, 4) is 0 Å². The molecule has 0 saturated carbocycles. The highest BCUT2D eigenvalue weighted by Crippen LogP contribution is 1.91. The lowest BCUT2D eigenvalue weighted by Gasteiger charge is -2.07. The largest absolute Gasteiger partial charge is 0.394 e. The van der Waals surface area contributed by atoms with Crippen LogP contribution < -0.4 is 5.32 Å². The van der Waals surface area contributed by atoms with E-state index < -0.39 is 6.10 Å². The van der Waals surface area contributed by atoms with Crippen molar-refractivity contribution >= 4 is 0 Å². The molecule has 0 fully saturated rings. The van der Waals surface area contributed by atoms with Crippen molar-refractivity contribution in [2.75, 3.05) is 13.2 Å². The molecule has 0 aliphatic heterocycles. The Labute approximate surface area is 77.2 Å². The predicted octanol–water partition coefficient (Wildman–Crippen LogP) is -0.476. The molecule has 0 aliphatic carbocycles. The van der Waals surface area contributed by atoms with Crippen LogP contribution in [-0.4, -0.2) is 34.5 Å². The van der Waals surface area contributed by atoms with E-state index >= 15 is 0 Å². The molecule has 0 radical (unpaired) electrons. The maximum absolute atomic E-state index is 9.00. The minimum Gasteiger partial charge on any atom is -0.394 e. The summed E-state index contributed by atoms with van der Waals surface area (Å²) in [5, 5.41) is 20.5. The van der Waals surface area contributed by atoms with E-state index in [1.54, 1.807) is 6.20 Å². The molecular weight excluding hydrogens is 168 g/mol. The van der Waals surface area contributed by atoms with Gasteiger partial charge in [-0.1, -0.05) is 6.07 Å². The van der Waals surface area contributed by atoms with E-state index in [9.17, 15) is 0 Å². The molecule has 0 amide bonds. The van der Waals surface area contributed by atoms with Crippen molar-refractivity contribution < 1.29 is 10.2 Å². The number of nitrogens with zero attached hydrogens (tertiary/aromatic N) is 1. The van der Waals surface area contributed by atoms with Crippen molar-refractivity contribution in [1.82, 2.24) is 10.3 Å². The average Bonchev–Trinajstić information content (AvgIpc) is 2.19. The molecule has 1 aromatic rings. The molecule has 1 aromatic heterocycles. The molecule has 72 valence electrons. The lowest BCUT2D eigenvalue weighted by molar-refractivity contribution is 0.0941. The van der Waals surface area contributed by atoms with Crippen LogP contribution in [0.5, 0.6) is 0 Å². The van der Waals surface area contributed by atoms with Gasteiger partial charge in [-0.25, -0.2) is 0 Å². The van der Waals surface area contributed by atoms with Gasteiger partial charge in [-0.05, 0) is 12.1 Å². The Morgan fingerprint density at radius 3 is 2.92 bits per heavy atom. The van der Waals surface area contributed by atoms with E-state index in [-0.39, 0.29) is 6.61 Å². The van der Waals surface area contributed by atoms with Gasteiger partial charge in [0.2, 0.25) is 0 Å². The third kappa shape index (κ3) is 3.98. The van der Waals surface area contributed by atoms with E-state index in [0.29, 0.717) is 13.1 Å². The molecule has 0 unspecified atom stereocenters. The van der Waals surface area contributed by atoms with Crippen LogP contribution in [-0.2, 0) is 6.54 Å². The Balaban J connectivity index is 2.20. The van der Waals surface area contributed by atoms with Crippen molar-refractivity contribution in [3.05, 3.63) is 30.1 Å². The summed E-state index contributed by atoms with van der Waals surface area (Å²) < 4.78 is 0. The Hall–Kier alpha value is -0.970. The van der Waals surface area contributed by atoms with Crippen molar-refractivity contribution in [1.29, 1.82) is 0 Å². The van der Waals surface area contributed by atoms with Crippen molar-refractivity contribution in [2.24, 2.45) is 0 Å². The Morgan fingerprint density at radius 2 is 2.31 bits per heavy atom. The fourth-order valence-electron chi connectivity index (χ4n) is 0.934. The van der Waals surface area contributed by atoms with Gasteiger partial charge in [0.25, 0.3) is 0 Å². The number of hydrogen-bond acceptors (Lipinski definition) is 4. The summed E-state index contributed by atoms with van der Waals surface area (Å²) in [6.07, 6.45) is 1.03. The SMILES string of the molecule is OC[C@H](O)CNCc1ccccn1. The van der Waals surface area contributed by atoms with Gasteiger partial charge in [0.1, 0.15) is 0 Å². The molecule has 0 saturated heterocycles. The third-order valence-corrected chi connectivity index (χ3v) is 1.62. The summed E-state index contributed by atoms with van der Waals surface area (Å²) in [7, 11) is 0. The highest BCUT2D eigenvalue weighted by atomic mass is 16.3. The van der Waals surface area contributed by atoms with E-state index in [0.717, 1.165) is 5.69 Å². The topological polar surface area (TPSA) is 65.4 Å². The number of nitrogens with one attached hydrogen (secondary N) is 1. The second-order valence-electron chi connectivity index (χ2n) is 2.79. The zero-order valence-corrected chi connectivity index (χ0v) is 7.35. The van der Waals surface area contributed by atoms with Crippen LogP contribution in [0.3, 0.4) is 0 Å². The molecule has 1 heterocycles. The summed E-state index contributed by atoms with van der Waals surface area (Å²) in [4.78, 5) is 4.09. The normalized spacial score (nSPS) is 12.8. The van der Waals surface area contributed by atoms with Gasteiger partial charge >= 0.3 is 0 Å². The zero-order chi connectivity index (χ0) is 9.52. The fraction of sp³-hybridized carbons (Fsp3) is 0.444. The van der Waals surface area contributed by atoms with Gasteiger partial charge < -0.3 is 15.5 Å². The average molecular weight is 182 g/mol. The van der Waals surface area contributed by atoms with Crippen LogP contribution in [0, 0.1) is 0 Å². The monoisotopic (exact) mass is 182 g/mol. The highest BCUT2D eigenvalue weighted by molar-refractivity contribution is 5.02. The van der Waals surface area contributed by atoms with Gasteiger partial charge in [-0.3, -0.25) is 4.98 Å². The highest BCUT2D eigenvalue weighted by Gasteiger charge is 2.00. The molecule has 1 atom stereocenters. The lowest BCUT2D eigenvalue weighted by atomic mass is 10.3. The van der Waals surface area contributed by atoms with Crippen LogP contribution in [0.1, 0.15) is 5.69 Å². The quantitative estimate of drug-likeness (QED) is 0.575. The Kier molecular flexibility index (Phi) is 4.39. The smallest absolute Gasteiger partial charge is 0.0895 e. The van der Waals surface area contributed by atoms with Crippen LogP contribution in [0.4, 0.5) is 0 Å². The third-order valence-electron chi connectivity index (χ3n) is 1.62. The van der Waals surface area contributed by atoms with Crippen LogP contribution in [0.25, 0.3) is 0 Å². The summed E-state index contributed by atoms with van der Waals surface area (Å²) in [5.41, 5.74) is 0.924. The minimum atomic E-state index is -0.691. The van der Waals surface area contributed by atoms with E-state index in [1.807, 2.05) is 18.2 Å². The summed E-state index contributed by atoms with van der Waals surface area (Å²) in [6.45, 7) is 0.778. The van der Waals surface area contributed by atoms with Gasteiger partial charge in [-0.15, -0.1) is 0 Å². The summed E-state index contributed by atoms with van der Waals surface area (Å²) in [5.74, 6) is 0. The first kappa shape index (κ1) is 10.1. The van der Waals surface area contributed by atoms with Gasteiger partial charge in [0.15, 0.2) is 0 Å². The number of aliphatic hydroxyl groups is 2. The number of aliphatic hydroxyl groups excluding tert-OH is 2. The standard InChI is InChI=1S/C9H14N2O2/c12-7-9(13)6-10-5-8-3-1-2-4-11-8/h1-4,9-10,12-13H,5-7H2/t9-/m1/s1. The van der Waals surface area contributed by atoms with E-state index in [1.165, 1.54) is 0 Å². The number of aromatic nitrogens is 1. The summed E-state index contributed by atoms with van der Waals surface area (Å²) >= 11 is 0. The van der Waals surface area contributed by atoms with Crippen LogP contribution in [0.2, 0.25) is 0 Å². The second-order valence-corrected chi connectivity index (χ2v) is 2.79. The van der Waals surface area contributed by atoms with Gasteiger partial charge in [0, 0.05) is 19.3 Å². The van der Waals surface area contributed by atoms with E-state index in [2.05, 4.69) is 10.3 Å². The first-order valence-corrected chi connectivity index (χ1v) is 4.22. The van der Waals surface area contributed by atoms with Gasteiger partial charge in [0.05, 0.1) is 18.4 Å². The fourth-order valence-corrected chi connectivity index (χ4v) is 0.934. The van der Waals surface area contributed by atoms with Crippen molar-refractivity contribution in [2.45, 2.75) is 12.6 Å². The molecule has 4 nitrogen and oxygen atoms in total. The first-order chi connectivity index (χ1) is 6.33. The predicted molar refractivity (Wildman–Crippen MR) is 49.0 cm³/mol. The van der Waals surface area contributed by atoms with E-state index in [4.69, 9.17) is 10.2 Å². The maximum atomic E-state index is 9.00. The Morgan fingerprint density at radius 1 is 1.46 bits per heavy atom. The number of pyridine rings is 1. The van der Waals surface area contributed by atoms with Crippen molar-refractivity contribution in [3.63, 3.8) is 0 Å². The summed E-state index contributed by atoms with van der Waals surface area (Å²) in [6, 6.07) is 5.66. The first-order valence-electron chi connectivity index (χ1n) is 4.22. The molecule has 0 bridgehead atoms. The molecular formula is C9H14N2O2. The molecule has 0 aromatic carbocycles. The molecule has 3 N–H and O–H groups in total. The van der Waals surface area contributed by atoms with Crippen LogP contribution >= 0.6 is 0 Å². The maximum Gasteiger partial charge on any atom is 0.0895 e. The molecule has 1 rings (SSSR count). The number of hydrogen-bond donors (Lipinski definition) is 3. The zero-order valence-electron chi connectivity index (χ0n) is 7.35. The van der Waals surface area contributed by atoms with Gasteiger partial charge in [-0.2, -0.15) is 0 Å². The lowest BCUT2D eigenvalue weighted by Crippen LogP contribution is -2.29. The molecule has 0 aliphatic rings.